The number of hydrogen-bond acceptors (Lipinski definition) is 5. The molecule has 0 saturated carbocycles. The van der Waals surface area contributed by atoms with Gasteiger partial charge in [-0.15, -0.1) is 0 Å². The van der Waals surface area contributed by atoms with E-state index >= 15 is 0 Å². The maximum Gasteiger partial charge on any atom is 0.303 e. The summed E-state index contributed by atoms with van der Waals surface area (Å²) in [5, 5.41) is 0. The van der Waals surface area contributed by atoms with Crippen molar-refractivity contribution in [3.63, 3.8) is 0 Å². The molecule has 0 N–H and O–H groups in total. The van der Waals surface area contributed by atoms with E-state index in [0.29, 0.717) is 0 Å². The van der Waals surface area contributed by atoms with E-state index < -0.39 is 5.97 Å². The van der Waals surface area contributed by atoms with E-state index in [1.165, 1.54) is 25.5 Å². The summed E-state index contributed by atoms with van der Waals surface area (Å²) in [5.41, 5.74) is 0.198. The van der Waals surface area contributed by atoms with Crippen LogP contribution in [0.2, 0.25) is 0 Å². The van der Waals surface area contributed by atoms with Gasteiger partial charge in [-0.2, -0.15) is 0 Å². The van der Waals surface area contributed by atoms with Crippen molar-refractivity contribution in [2.45, 2.75) is 6.92 Å². The molecule has 0 aromatic carbocycles. The molecule has 0 unspecified atom stereocenters. The van der Waals surface area contributed by atoms with Crippen molar-refractivity contribution in [1.29, 1.82) is 0 Å². The number of ether oxygens (including phenoxy) is 1. The first kappa shape index (κ1) is 9.31. The minimum atomic E-state index is -0.489. The lowest BCUT2D eigenvalue weighted by Crippen LogP contribution is -2.13. The van der Waals surface area contributed by atoms with Crippen LogP contribution in [-0.4, -0.2) is 28.3 Å². The molecule has 68 valence electrons. The van der Waals surface area contributed by atoms with Crippen LogP contribution in [0.25, 0.3) is 0 Å². The number of aromatic nitrogens is 2. The third kappa shape index (κ3) is 2.98. The first-order valence-electron chi connectivity index (χ1n) is 3.62. The van der Waals surface area contributed by atoms with Crippen molar-refractivity contribution in [2.24, 2.45) is 0 Å². The Morgan fingerprint density at radius 3 is 2.77 bits per heavy atom. The molecule has 1 aromatic rings. The molecule has 1 aromatic heterocycles. The van der Waals surface area contributed by atoms with Crippen molar-refractivity contribution < 1.29 is 14.3 Å². The summed E-state index contributed by atoms with van der Waals surface area (Å²) in [5.74, 6) is -0.847. The van der Waals surface area contributed by atoms with Crippen LogP contribution in [0.15, 0.2) is 18.6 Å². The summed E-state index contributed by atoms with van der Waals surface area (Å²) < 4.78 is 4.50. The summed E-state index contributed by atoms with van der Waals surface area (Å²) in [6, 6.07) is 0. The number of hydrogen-bond donors (Lipinski definition) is 0. The summed E-state index contributed by atoms with van der Waals surface area (Å²) in [7, 11) is 0. The highest BCUT2D eigenvalue weighted by Crippen LogP contribution is 1.93. The molecule has 5 heteroatoms. The molecule has 1 heterocycles. The summed E-state index contributed by atoms with van der Waals surface area (Å²) in [4.78, 5) is 29.0. The Bertz CT molecular complexity index is 310. The van der Waals surface area contributed by atoms with Gasteiger partial charge in [0.25, 0.3) is 0 Å². The summed E-state index contributed by atoms with van der Waals surface area (Å²) >= 11 is 0. The van der Waals surface area contributed by atoms with Crippen molar-refractivity contribution in [3.8, 4) is 0 Å². The van der Waals surface area contributed by atoms with Crippen molar-refractivity contribution in [3.05, 3.63) is 24.3 Å². The highest BCUT2D eigenvalue weighted by atomic mass is 16.5. The van der Waals surface area contributed by atoms with E-state index in [4.69, 9.17) is 0 Å². The molecule has 1 rings (SSSR count). The second-order valence-electron chi connectivity index (χ2n) is 2.29. The van der Waals surface area contributed by atoms with E-state index in [2.05, 4.69) is 14.7 Å². The molecule has 13 heavy (non-hydrogen) atoms. The van der Waals surface area contributed by atoms with Gasteiger partial charge in [0.1, 0.15) is 5.69 Å². The van der Waals surface area contributed by atoms with Gasteiger partial charge in [-0.1, -0.05) is 0 Å². The third-order valence-electron chi connectivity index (χ3n) is 1.26. The van der Waals surface area contributed by atoms with E-state index in [0.717, 1.165) is 0 Å². The summed E-state index contributed by atoms with van der Waals surface area (Å²) in [6.45, 7) is 0.956. The monoisotopic (exact) mass is 180 g/mol. The largest absolute Gasteiger partial charge is 0.457 e. The molecular weight excluding hydrogens is 172 g/mol. The zero-order chi connectivity index (χ0) is 9.68. The smallest absolute Gasteiger partial charge is 0.303 e. The Morgan fingerprint density at radius 1 is 1.46 bits per heavy atom. The molecule has 0 aliphatic carbocycles. The molecule has 0 bridgehead atoms. The van der Waals surface area contributed by atoms with Crippen LogP contribution in [0.3, 0.4) is 0 Å². The van der Waals surface area contributed by atoms with Crippen molar-refractivity contribution >= 4 is 11.8 Å². The van der Waals surface area contributed by atoms with Gasteiger partial charge in [-0.05, 0) is 0 Å². The zero-order valence-electron chi connectivity index (χ0n) is 7.06. The maximum atomic E-state index is 11.2. The molecule has 0 atom stereocenters. The normalized spacial score (nSPS) is 9.31. The topological polar surface area (TPSA) is 69.2 Å². The van der Waals surface area contributed by atoms with Crippen molar-refractivity contribution in [2.75, 3.05) is 6.61 Å². The number of rotatable bonds is 3. The fraction of sp³-hybridized carbons (Fsp3) is 0.250. The van der Waals surface area contributed by atoms with Crippen molar-refractivity contribution in [1.82, 2.24) is 9.97 Å². The quantitative estimate of drug-likeness (QED) is 0.491. The van der Waals surface area contributed by atoms with Gasteiger partial charge in [0.2, 0.25) is 5.78 Å². The second-order valence-corrected chi connectivity index (χ2v) is 2.29. The number of Topliss-reactive ketones (excluding diaryl/α,β-unsaturated/α-hetero) is 1. The van der Waals surface area contributed by atoms with Crippen LogP contribution in [0.1, 0.15) is 17.4 Å². The average molecular weight is 180 g/mol. The van der Waals surface area contributed by atoms with Crippen LogP contribution < -0.4 is 0 Å². The first-order chi connectivity index (χ1) is 6.20. The third-order valence-corrected chi connectivity index (χ3v) is 1.26. The molecule has 0 aliphatic rings. The van der Waals surface area contributed by atoms with E-state index in [9.17, 15) is 9.59 Å². The lowest BCUT2D eigenvalue weighted by Gasteiger charge is -1.99. The SMILES string of the molecule is CC(=O)OCC(=O)c1cnccn1. The average Bonchev–Trinajstić information content (AvgIpc) is 2.15. The van der Waals surface area contributed by atoms with Gasteiger partial charge in [-0.25, -0.2) is 4.98 Å². The van der Waals surface area contributed by atoms with Gasteiger partial charge in [-0.3, -0.25) is 14.6 Å². The first-order valence-corrected chi connectivity index (χ1v) is 3.62. The predicted octanol–water partition coefficient (Wildman–Crippen LogP) is 0.222. The number of carbonyl (C=O) groups excluding carboxylic acids is 2. The fourth-order valence-corrected chi connectivity index (χ4v) is 0.684. The number of carbonyl (C=O) groups is 2. The Balaban J connectivity index is 2.54. The minimum absolute atomic E-state index is 0.198. The van der Waals surface area contributed by atoms with Gasteiger partial charge in [0, 0.05) is 19.3 Å². The van der Waals surface area contributed by atoms with Gasteiger partial charge < -0.3 is 4.74 Å². The van der Waals surface area contributed by atoms with Crippen LogP contribution in [0, 0.1) is 0 Å². The Labute approximate surface area is 74.8 Å². The number of esters is 1. The van der Waals surface area contributed by atoms with Gasteiger partial charge in [0.05, 0.1) is 6.20 Å². The maximum absolute atomic E-state index is 11.2. The van der Waals surface area contributed by atoms with Crippen LogP contribution in [0.5, 0.6) is 0 Å². The Hall–Kier alpha value is -1.78. The van der Waals surface area contributed by atoms with E-state index in [1.807, 2.05) is 0 Å². The number of nitrogens with zero attached hydrogens (tertiary/aromatic N) is 2. The lowest BCUT2D eigenvalue weighted by molar-refractivity contribution is -0.139. The van der Waals surface area contributed by atoms with E-state index in [1.54, 1.807) is 0 Å². The molecule has 0 spiro atoms. The molecule has 0 saturated heterocycles. The minimum Gasteiger partial charge on any atom is -0.457 e. The highest BCUT2D eigenvalue weighted by molar-refractivity contribution is 5.95. The van der Waals surface area contributed by atoms with Crippen LogP contribution in [-0.2, 0) is 9.53 Å². The van der Waals surface area contributed by atoms with Crippen LogP contribution >= 0.6 is 0 Å². The molecule has 5 nitrogen and oxygen atoms in total. The molecular formula is C8H8N2O3. The molecule has 0 aliphatic heterocycles. The van der Waals surface area contributed by atoms with Gasteiger partial charge >= 0.3 is 5.97 Å². The fourth-order valence-electron chi connectivity index (χ4n) is 0.684. The highest BCUT2D eigenvalue weighted by Gasteiger charge is 2.08. The van der Waals surface area contributed by atoms with Crippen LogP contribution in [0.4, 0.5) is 0 Å². The lowest BCUT2D eigenvalue weighted by atomic mass is 10.3. The Kier molecular flexibility index (Phi) is 3.08. The molecule has 0 fully saturated rings. The van der Waals surface area contributed by atoms with E-state index in [-0.39, 0.29) is 18.1 Å². The second kappa shape index (κ2) is 4.30. The Morgan fingerprint density at radius 2 is 2.23 bits per heavy atom. The molecule has 0 amide bonds. The number of ketones is 1. The van der Waals surface area contributed by atoms with Gasteiger partial charge in [0.15, 0.2) is 6.61 Å². The zero-order valence-corrected chi connectivity index (χ0v) is 7.06. The predicted molar refractivity (Wildman–Crippen MR) is 43.0 cm³/mol. The standard InChI is InChI=1S/C8H8N2O3/c1-6(11)13-5-8(12)7-4-9-2-3-10-7/h2-4H,5H2,1H3. The summed E-state index contributed by atoms with van der Waals surface area (Å²) in [6.07, 6.45) is 4.19. The molecule has 0 radical (unpaired) electrons.